The van der Waals surface area contributed by atoms with Crippen LogP contribution in [0.1, 0.15) is 22.3 Å². The third-order valence-corrected chi connectivity index (χ3v) is 7.16. The van der Waals surface area contributed by atoms with E-state index in [0.717, 1.165) is 28.0 Å². The summed E-state index contributed by atoms with van der Waals surface area (Å²) in [6.45, 7) is 4.68. The molecule has 2 aromatic carbocycles. The summed E-state index contributed by atoms with van der Waals surface area (Å²) in [4.78, 5) is 10.3. The maximum Gasteiger partial charge on any atom is 0.230 e. The second-order valence-corrected chi connectivity index (χ2v) is 9.50. The molecule has 2 aromatic heterocycles. The van der Waals surface area contributed by atoms with Gasteiger partial charge in [-0.05, 0) is 36.8 Å². The summed E-state index contributed by atoms with van der Waals surface area (Å²) < 4.78 is 16.8. The molecule has 160 valence electrons. The van der Waals surface area contributed by atoms with Gasteiger partial charge in [0.25, 0.3) is 0 Å². The number of halogens is 2. The molecule has 1 atom stereocenters. The van der Waals surface area contributed by atoms with Crippen molar-refractivity contribution >= 4 is 37.9 Å². The molecule has 1 fully saturated rings. The number of piperazine rings is 1. The third kappa shape index (κ3) is 3.81. The number of aryl methyl sites for hydroxylation is 1. The van der Waals surface area contributed by atoms with Gasteiger partial charge >= 0.3 is 0 Å². The van der Waals surface area contributed by atoms with Gasteiger partial charge in [-0.1, -0.05) is 51.5 Å². The van der Waals surface area contributed by atoms with Gasteiger partial charge in [0, 0.05) is 30.7 Å². The first-order chi connectivity index (χ1) is 15.0. The van der Waals surface area contributed by atoms with Crippen LogP contribution in [0.15, 0.2) is 53.0 Å². The second kappa shape index (κ2) is 8.22. The summed E-state index contributed by atoms with van der Waals surface area (Å²) in [7, 11) is 0. The number of fused-ring (bicyclic) bond motifs is 1. The Kier molecular flexibility index (Phi) is 5.41. The number of benzene rings is 2. The normalized spacial score (nSPS) is 16.2. The highest BCUT2D eigenvalue weighted by molar-refractivity contribution is 9.10. The third-order valence-electron chi connectivity index (χ3n) is 5.59. The van der Waals surface area contributed by atoms with E-state index in [2.05, 4.69) is 47.9 Å². The van der Waals surface area contributed by atoms with Gasteiger partial charge in [0.2, 0.25) is 10.8 Å². The Balaban J connectivity index is 1.49. The molecule has 0 bridgehead atoms. The lowest BCUT2D eigenvalue weighted by atomic mass is 10.0. The van der Waals surface area contributed by atoms with Crippen LogP contribution < -0.4 is 4.90 Å². The van der Waals surface area contributed by atoms with Crippen molar-refractivity contribution in [1.82, 2.24) is 19.5 Å². The van der Waals surface area contributed by atoms with Gasteiger partial charge in [-0.2, -0.15) is 4.52 Å². The molecule has 0 unspecified atom stereocenters. The standard InChI is InChI=1S/C22H21BrFN5OS/c1-14-25-22-29(26-14)21(30)20(31-22)19(15-5-4-6-16(23)13-15)28-11-9-27(10-12-28)18-8-3-2-7-17(18)24/h2-8,13,19,30H,9-12H2,1H3/t19-/m1/s1. The minimum atomic E-state index is -0.196. The van der Waals surface area contributed by atoms with Crippen molar-refractivity contribution < 1.29 is 9.50 Å². The number of thiazole rings is 1. The Bertz CT molecular complexity index is 1230. The number of hydrogen-bond acceptors (Lipinski definition) is 6. The van der Waals surface area contributed by atoms with E-state index in [4.69, 9.17) is 0 Å². The zero-order chi connectivity index (χ0) is 21.5. The number of hydrogen-bond donors (Lipinski definition) is 1. The first-order valence-electron chi connectivity index (χ1n) is 10.1. The molecule has 1 N–H and O–H groups in total. The van der Waals surface area contributed by atoms with Crippen molar-refractivity contribution in [3.8, 4) is 5.88 Å². The van der Waals surface area contributed by atoms with Gasteiger partial charge in [0.1, 0.15) is 11.6 Å². The summed E-state index contributed by atoms with van der Waals surface area (Å²) in [5, 5.41) is 15.3. The number of aromatic nitrogens is 3. The average Bonchev–Trinajstić information content (AvgIpc) is 3.27. The number of aromatic hydroxyl groups is 1. The number of nitrogens with zero attached hydrogens (tertiary/aromatic N) is 5. The van der Waals surface area contributed by atoms with Crippen molar-refractivity contribution in [2.45, 2.75) is 13.0 Å². The highest BCUT2D eigenvalue weighted by Crippen LogP contribution is 2.41. The maximum absolute atomic E-state index is 14.3. The van der Waals surface area contributed by atoms with E-state index in [1.165, 1.54) is 21.9 Å². The molecule has 31 heavy (non-hydrogen) atoms. The Morgan fingerprint density at radius 2 is 1.87 bits per heavy atom. The zero-order valence-corrected chi connectivity index (χ0v) is 19.3. The quantitative estimate of drug-likeness (QED) is 0.442. The van der Waals surface area contributed by atoms with Gasteiger partial charge in [-0.25, -0.2) is 9.37 Å². The summed E-state index contributed by atoms with van der Waals surface area (Å²) in [5.41, 5.74) is 1.71. The number of para-hydroxylation sites is 1. The molecule has 0 radical (unpaired) electrons. The molecule has 0 aliphatic carbocycles. The summed E-state index contributed by atoms with van der Waals surface area (Å²) in [6, 6.07) is 14.9. The molecule has 0 spiro atoms. The molecule has 0 amide bonds. The fraction of sp³-hybridized carbons (Fsp3) is 0.273. The topological polar surface area (TPSA) is 56.9 Å². The van der Waals surface area contributed by atoms with Crippen LogP contribution in [-0.4, -0.2) is 50.8 Å². The van der Waals surface area contributed by atoms with Gasteiger partial charge < -0.3 is 10.0 Å². The van der Waals surface area contributed by atoms with Crippen molar-refractivity contribution in [2.75, 3.05) is 31.1 Å². The Hall–Kier alpha value is -2.49. The molecule has 3 heterocycles. The predicted molar refractivity (Wildman–Crippen MR) is 123 cm³/mol. The molecule has 0 saturated carbocycles. The lowest BCUT2D eigenvalue weighted by molar-refractivity contribution is 0.210. The van der Waals surface area contributed by atoms with E-state index < -0.39 is 0 Å². The smallest absolute Gasteiger partial charge is 0.230 e. The van der Waals surface area contributed by atoms with Crippen LogP contribution in [0.25, 0.3) is 4.96 Å². The largest absolute Gasteiger partial charge is 0.492 e. The average molecular weight is 502 g/mol. The van der Waals surface area contributed by atoms with Gasteiger partial charge in [-0.3, -0.25) is 4.90 Å². The van der Waals surface area contributed by atoms with E-state index >= 15 is 0 Å². The van der Waals surface area contributed by atoms with E-state index in [0.29, 0.717) is 29.6 Å². The fourth-order valence-corrected chi connectivity index (χ4v) is 5.74. The van der Waals surface area contributed by atoms with Crippen LogP contribution in [0.3, 0.4) is 0 Å². The fourth-order valence-electron chi connectivity index (χ4n) is 4.16. The molecule has 1 saturated heterocycles. The molecular weight excluding hydrogens is 481 g/mol. The van der Waals surface area contributed by atoms with E-state index in [1.807, 2.05) is 31.2 Å². The van der Waals surface area contributed by atoms with Crippen LogP contribution in [0.4, 0.5) is 10.1 Å². The molecule has 1 aliphatic heterocycles. The molecule has 9 heteroatoms. The Labute approximate surface area is 191 Å². The first-order valence-corrected chi connectivity index (χ1v) is 11.7. The number of anilines is 1. The molecule has 5 rings (SSSR count). The lowest BCUT2D eigenvalue weighted by Crippen LogP contribution is -2.48. The van der Waals surface area contributed by atoms with Crippen LogP contribution in [-0.2, 0) is 0 Å². The van der Waals surface area contributed by atoms with Crippen molar-refractivity contribution in [1.29, 1.82) is 0 Å². The minimum Gasteiger partial charge on any atom is -0.492 e. The molecular formula is C22H21BrFN5OS. The van der Waals surface area contributed by atoms with Gasteiger partial charge in [0.05, 0.1) is 16.6 Å². The van der Waals surface area contributed by atoms with E-state index in [1.54, 1.807) is 6.07 Å². The number of rotatable bonds is 4. The summed E-state index contributed by atoms with van der Waals surface area (Å²) in [5.74, 6) is 0.561. The SMILES string of the molecule is Cc1nc2sc([C@@H](c3cccc(Br)c3)N3CCN(c4ccccc4F)CC3)c(O)n2n1. The summed E-state index contributed by atoms with van der Waals surface area (Å²) >= 11 is 5.03. The van der Waals surface area contributed by atoms with Gasteiger partial charge in [-0.15, -0.1) is 5.10 Å². The molecule has 6 nitrogen and oxygen atoms in total. The molecule has 1 aliphatic rings. The minimum absolute atomic E-state index is 0.127. The Morgan fingerprint density at radius 3 is 2.58 bits per heavy atom. The first kappa shape index (κ1) is 20.4. The van der Waals surface area contributed by atoms with Gasteiger partial charge in [0.15, 0.2) is 0 Å². The van der Waals surface area contributed by atoms with Crippen LogP contribution in [0.5, 0.6) is 5.88 Å². The molecule has 4 aromatic rings. The summed E-state index contributed by atoms with van der Waals surface area (Å²) in [6.07, 6.45) is 0. The van der Waals surface area contributed by atoms with Crippen molar-refractivity contribution in [3.63, 3.8) is 0 Å². The highest BCUT2D eigenvalue weighted by Gasteiger charge is 2.32. The predicted octanol–water partition coefficient (Wildman–Crippen LogP) is 4.62. The second-order valence-electron chi connectivity index (χ2n) is 7.58. The van der Waals surface area contributed by atoms with Crippen molar-refractivity contribution in [3.05, 3.63) is 75.1 Å². The monoisotopic (exact) mass is 501 g/mol. The van der Waals surface area contributed by atoms with E-state index in [9.17, 15) is 9.50 Å². The maximum atomic E-state index is 14.3. The lowest BCUT2D eigenvalue weighted by Gasteiger charge is -2.40. The van der Waals surface area contributed by atoms with E-state index in [-0.39, 0.29) is 17.7 Å². The zero-order valence-electron chi connectivity index (χ0n) is 16.9. The Morgan fingerprint density at radius 1 is 1.10 bits per heavy atom. The highest BCUT2D eigenvalue weighted by atomic mass is 79.9. The van der Waals surface area contributed by atoms with Crippen LogP contribution in [0.2, 0.25) is 0 Å². The van der Waals surface area contributed by atoms with Crippen LogP contribution >= 0.6 is 27.3 Å². The van der Waals surface area contributed by atoms with Crippen molar-refractivity contribution in [2.24, 2.45) is 0 Å². The van der Waals surface area contributed by atoms with Crippen LogP contribution in [0, 0.1) is 12.7 Å².